The van der Waals surface area contributed by atoms with Crippen LogP contribution in [0, 0.1) is 16.7 Å². The monoisotopic (exact) mass is 274 g/mol. The van der Waals surface area contributed by atoms with Gasteiger partial charge < -0.3 is 20.9 Å². The van der Waals surface area contributed by atoms with Crippen LogP contribution >= 0.6 is 0 Å². The van der Waals surface area contributed by atoms with Crippen molar-refractivity contribution in [1.29, 1.82) is 0 Å². The van der Waals surface area contributed by atoms with Crippen molar-refractivity contribution in [2.45, 2.75) is 47.6 Å². The fourth-order valence-corrected chi connectivity index (χ4v) is 2.93. The summed E-state index contributed by atoms with van der Waals surface area (Å²) < 4.78 is 9.90. The molecule has 0 aliphatic heterocycles. The first kappa shape index (κ1) is 17.5. The molecule has 1 atom stereocenters. The maximum atomic E-state index is 11.0. The van der Waals surface area contributed by atoms with Gasteiger partial charge in [-0.25, -0.2) is 9.59 Å². The Bertz CT molecular complexity index is 315. The van der Waals surface area contributed by atoms with Crippen molar-refractivity contribution in [2.24, 2.45) is 28.2 Å². The summed E-state index contributed by atoms with van der Waals surface area (Å²) in [7, 11) is 0. The number of primary amides is 2. The predicted molar refractivity (Wildman–Crippen MR) is 72.4 cm³/mol. The zero-order chi connectivity index (χ0) is 15.4. The standard InChI is InChI=1S/C13H26N2O4/c1-12(2,3)9(13(4,5)6)8(19-11(15)17)7-18-10(14)16/h8-9H,7H2,1-6H3,(H2,14,16)(H2,15,17). The van der Waals surface area contributed by atoms with Crippen LogP contribution in [0.15, 0.2) is 0 Å². The summed E-state index contributed by atoms with van der Waals surface area (Å²) in [6.07, 6.45) is -2.43. The number of hydrogen-bond acceptors (Lipinski definition) is 4. The summed E-state index contributed by atoms with van der Waals surface area (Å²) in [5.74, 6) is -0.0631. The smallest absolute Gasteiger partial charge is 0.404 e. The molecule has 2 amide bonds. The molecule has 6 nitrogen and oxygen atoms in total. The maximum Gasteiger partial charge on any atom is 0.404 e. The fourth-order valence-electron chi connectivity index (χ4n) is 2.93. The van der Waals surface area contributed by atoms with Crippen LogP contribution in [0.4, 0.5) is 9.59 Å². The van der Waals surface area contributed by atoms with Gasteiger partial charge in [-0.15, -0.1) is 0 Å². The maximum absolute atomic E-state index is 11.0. The quantitative estimate of drug-likeness (QED) is 0.820. The van der Waals surface area contributed by atoms with Gasteiger partial charge in [0.1, 0.15) is 12.7 Å². The van der Waals surface area contributed by atoms with Crippen molar-refractivity contribution in [1.82, 2.24) is 0 Å². The number of carbonyl (C=O) groups is 2. The van der Waals surface area contributed by atoms with Crippen molar-refractivity contribution >= 4 is 12.2 Å². The Balaban J connectivity index is 5.24. The highest BCUT2D eigenvalue weighted by molar-refractivity contribution is 5.65. The molecule has 0 aromatic rings. The fraction of sp³-hybridized carbons (Fsp3) is 0.846. The van der Waals surface area contributed by atoms with Crippen LogP contribution in [0.3, 0.4) is 0 Å². The second-order valence-electron chi connectivity index (χ2n) is 6.82. The van der Waals surface area contributed by atoms with E-state index in [1.54, 1.807) is 0 Å². The first-order valence-electron chi connectivity index (χ1n) is 6.24. The van der Waals surface area contributed by atoms with Gasteiger partial charge in [0.2, 0.25) is 0 Å². The molecular formula is C13H26N2O4. The lowest BCUT2D eigenvalue weighted by Crippen LogP contribution is -2.47. The Morgan fingerprint density at radius 2 is 1.37 bits per heavy atom. The van der Waals surface area contributed by atoms with E-state index in [1.807, 2.05) is 41.5 Å². The Morgan fingerprint density at radius 1 is 0.947 bits per heavy atom. The minimum absolute atomic E-state index is 0.0631. The largest absolute Gasteiger partial charge is 0.446 e. The third kappa shape index (κ3) is 6.31. The summed E-state index contributed by atoms with van der Waals surface area (Å²) in [5, 5.41) is 0. The number of carbonyl (C=O) groups excluding carboxylic acids is 2. The SMILES string of the molecule is CC(C)(C)C(C(COC(N)=O)OC(N)=O)C(C)(C)C. The minimum atomic E-state index is -0.903. The van der Waals surface area contributed by atoms with E-state index in [1.165, 1.54) is 0 Å². The average Bonchev–Trinajstić information content (AvgIpc) is 2.08. The van der Waals surface area contributed by atoms with Crippen LogP contribution in [0.2, 0.25) is 0 Å². The van der Waals surface area contributed by atoms with Gasteiger partial charge in [0.25, 0.3) is 0 Å². The van der Waals surface area contributed by atoms with E-state index in [-0.39, 0.29) is 23.4 Å². The molecule has 0 radical (unpaired) electrons. The molecule has 0 fully saturated rings. The van der Waals surface area contributed by atoms with Gasteiger partial charge in [-0.1, -0.05) is 41.5 Å². The Kier molecular flexibility index (Phi) is 5.65. The highest BCUT2D eigenvalue weighted by atomic mass is 16.6. The van der Waals surface area contributed by atoms with Gasteiger partial charge in [0.15, 0.2) is 0 Å². The van der Waals surface area contributed by atoms with E-state index in [4.69, 9.17) is 20.9 Å². The Morgan fingerprint density at radius 3 is 1.63 bits per heavy atom. The van der Waals surface area contributed by atoms with Crippen LogP contribution in [0.1, 0.15) is 41.5 Å². The van der Waals surface area contributed by atoms with Gasteiger partial charge in [-0.2, -0.15) is 0 Å². The van der Waals surface area contributed by atoms with Crippen LogP contribution in [-0.2, 0) is 9.47 Å². The number of rotatable bonds is 4. The average molecular weight is 274 g/mol. The lowest BCUT2D eigenvalue weighted by molar-refractivity contribution is -0.0578. The van der Waals surface area contributed by atoms with E-state index in [0.29, 0.717) is 0 Å². The number of nitrogens with two attached hydrogens (primary N) is 2. The molecule has 0 aliphatic carbocycles. The molecular weight excluding hydrogens is 248 g/mol. The lowest BCUT2D eigenvalue weighted by atomic mass is 9.64. The summed E-state index contributed by atoms with van der Waals surface area (Å²) in [6.45, 7) is 12.1. The Hall–Kier alpha value is -1.46. The molecule has 1 unspecified atom stereocenters. The zero-order valence-corrected chi connectivity index (χ0v) is 12.6. The minimum Gasteiger partial charge on any atom is -0.446 e. The number of amides is 2. The Labute approximate surface area is 114 Å². The number of ether oxygens (including phenoxy) is 2. The first-order valence-corrected chi connectivity index (χ1v) is 6.24. The molecule has 0 saturated heterocycles. The molecule has 0 rings (SSSR count). The van der Waals surface area contributed by atoms with Crippen LogP contribution in [0.5, 0.6) is 0 Å². The topological polar surface area (TPSA) is 105 Å². The van der Waals surface area contributed by atoms with E-state index >= 15 is 0 Å². The normalized spacial score (nSPS) is 14.1. The van der Waals surface area contributed by atoms with Gasteiger partial charge in [-0.05, 0) is 10.8 Å². The first-order chi connectivity index (χ1) is 8.35. The highest BCUT2D eigenvalue weighted by Gasteiger charge is 2.43. The molecule has 112 valence electrons. The molecule has 0 aromatic carbocycles. The predicted octanol–water partition coefficient (Wildman–Crippen LogP) is 2.25. The van der Waals surface area contributed by atoms with Gasteiger partial charge in [-0.3, -0.25) is 0 Å². The van der Waals surface area contributed by atoms with E-state index in [2.05, 4.69) is 0 Å². The molecule has 4 N–H and O–H groups in total. The molecule has 0 aliphatic rings. The molecule has 6 heteroatoms. The van der Waals surface area contributed by atoms with Gasteiger partial charge in [0, 0.05) is 5.92 Å². The molecule has 0 heterocycles. The summed E-state index contributed by atoms with van der Waals surface area (Å²) in [4.78, 5) is 21.8. The molecule has 0 aromatic heterocycles. The second-order valence-corrected chi connectivity index (χ2v) is 6.82. The second kappa shape index (κ2) is 6.12. The molecule has 0 bridgehead atoms. The van der Waals surface area contributed by atoms with E-state index in [9.17, 15) is 9.59 Å². The van der Waals surface area contributed by atoms with Gasteiger partial charge in [0.05, 0.1) is 0 Å². The van der Waals surface area contributed by atoms with E-state index < -0.39 is 18.3 Å². The molecule has 19 heavy (non-hydrogen) atoms. The lowest BCUT2D eigenvalue weighted by Gasteiger charge is -2.44. The van der Waals surface area contributed by atoms with Crippen LogP contribution in [-0.4, -0.2) is 24.9 Å². The molecule has 0 saturated carbocycles. The number of hydrogen-bond donors (Lipinski definition) is 2. The van der Waals surface area contributed by atoms with Gasteiger partial charge >= 0.3 is 12.2 Å². The van der Waals surface area contributed by atoms with E-state index in [0.717, 1.165) is 0 Å². The van der Waals surface area contributed by atoms with Crippen LogP contribution < -0.4 is 11.5 Å². The highest BCUT2D eigenvalue weighted by Crippen LogP contribution is 2.43. The summed E-state index contributed by atoms with van der Waals surface area (Å²) >= 11 is 0. The van der Waals surface area contributed by atoms with Crippen molar-refractivity contribution in [3.8, 4) is 0 Å². The van der Waals surface area contributed by atoms with Crippen molar-refractivity contribution < 1.29 is 19.1 Å². The summed E-state index contributed by atoms with van der Waals surface area (Å²) in [6, 6.07) is 0. The molecule has 0 spiro atoms. The summed E-state index contributed by atoms with van der Waals surface area (Å²) in [5.41, 5.74) is 9.71. The zero-order valence-electron chi connectivity index (χ0n) is 12.6. The van der Waals surface area contributed by atoms with Crippen molar-refractivity contribution in [3.05, 3.63) is 0 Å². The van der Waals surface area contributed by atoms with Crippen molar-refractivity contribution in [2.75, 3.05) is 6.61 Å². The van der Waals surface area contributed by atoms with Crippen LogP contribution in [0.25, 0.3) is 0 Å². The van der Waals surface area contributed by atoms with Crippen molar-refractivity contribution in [3.63, 3.8) is 0 Å². The third-order valence-electron chi connectivity index (χ3n) is 2.90. The third-order valence-corrected chi connectivity index (χ3v) is 2.90.